The van der Waals surface area contributed by atoms with E-state index in [2.05, 4.69) is 42.5 Å². The van der Waals surface area contributed by atoms with Crippen molar-refractivity contribution < 1.29 is 17.6 Å². The summed E-state index contributed by atoms with van der Waals surface area (Å²) in [6.07, 6.45) is 0. The lowest BCUT2D eigenvalue weighted by Gasteiger charge is -2.34. The zero-order chi connectivity index (χ0) is 39.8. The van der Waals surface area contributed by atoms with Gasteiger partial charge in [-0.25, -0.2) is 17.6 Å². The van der Waals surface area contributed by atoms with Crippen LogP contribution in [0.3, 0.4) is 0 Å². The molecule has 9 aromatic carbocycles. The van der Waals surface area contributed by atoms with Gasteiger partial charge in [0, 0.05) is 11.1 Å². The predicted molar refractivity (Wildman–Crippen MR) is 229 cm³/mol. The molecule has 0 bridgehead atoms. The average molecular weight is 773 g/mol. The number of anilines is 6. The van der Waals surface area contributed by atoms with Crippen LogP contribution in [0.1, 0.15) is 22.3 Å². The van der Waals surface area contributed by atoms with E-state index in [4.69, 9.17) is 0 Å². The van der Waals surface area contributed by atoms with Crippen LogP contribution in [0.4, 0.5) is 51.7 Å². The van der Waals surface area contributed by atoms with Crippen LogP contribution in [0.25, 0.3) is 33.0 Å². The van der Waals surface area contributed by atoms with Crippen molar-refractivity contribution in [2.45, 2.75) is 5.41 Å². The molecule has 0 saturated carbocycles. The molecule has 11 rings (SSSR count). The Bertz CT molecular complexity index is 3020. The maximum Gasteiger partial charge on any atom is 0.147 e. The van der Waals surface area contributed by atoms with E-state index >= 15 is 17.6 Å². The molecule has 2 aliphatic rings. The van der Waals surface area contributed by atoms with Gasteiger partial charge in [-0.05, 0) is 117 Å². The minimum absolute atomic E-state index is 0.201. The lowest BCUT2D eigenvalue weighted by Crippen LogP contribution is -2.27. The summed E-state index contributed by atoms with van der Waals surface area (Å²) in [6.45, 7) is 0. The van der Waals surface area contributed by atoms with Crippen molar-refractivity contribution in [2.24, 2.45) is 0 Å². The number of hydrogen-bond acceptors (Lipinski definition) is 2. The van der Waals surface area contributed by atoms with E-state index in [0.29, 0.717) is 11.4 Å². The summed E-state index contributed by atoms with van der Waals surface area (Å²) in [4.78, 5) is 3.32. The molecule has 282 valence electrons. The Balaban J connectivity index is 1.28. The molecule has 0 unspecified atom stereocenters. The molecule has 0 saturated heterocycles. The van der Waals surface area contributed by atoms with Gasteiger partial charge in [0.2, 0.25) is 0 Å². The highest BCUT2D eigenvalue weighted by Gasteiger charge is 2.53. The van der Waals surface area contributed by atoms with Crippen molar-refractivity contribution in [1.29, 1.82) is 0 Å². The van der Waals surface area contributed by atoms with Gasteiger partial charge in [0.1, 0.15) is 23.3 Å². The molecule has 59 heavy (non-hydrogen) atoms. The van der Waals surface area contributed by atoms with Gasteiger partial charge in [0.05, 0.1) is 33.9 Å². The van der Waals surface area contributed by atoms with E-state index in [1.807, 2.05) is 54.6 Å². The second-order valence-electron chi connectivity index (χ2n) is 14.9. The molecule has 0 aliphatic heterocycles. The molecule has 1 spiro atoms. The Labute approximate surface area is 338 Å². The maximum absolute atomic E-state index is 16.2. The van der Waals surface area contributed by atoms with Gasteiger partial charge < -0.3 is 9.80 Å². The third-order valence-corrected chi connectivity index (χ3v) is 11.9. The second-order valence-corrected chi connectivity index (χ2v) is 14.9. The normalized spacial score (nSPS) is 12.9. The summed E-state index contributed by atoms with van der Waals surface area (Å²) < 4.78 is 64.2. The van der Waals surface area contributed by atoms with Crippen molar-refractivity contribution in [2.75, 3.05) is 9.80 Å². The molecule has 0 fully saturated rings. The number of para-hydroxylation sites is 4. The predicted octanol–water partition coefficient (Wildman–Crippen LogP) is 14.7. The first kappa shape index (κ1) is 34.8. The largest absolute Gasteiger partial charge is 0.305 e. The minimum atomic E-state index is -0.946. The van der Waals surface area contributed by atoms with Crippen LogP contribution in [0.5, 0.6) is 0 Å². The van der Waals surface area contributed by atoms with Gasteiger partial charge in [0.15, 0.2) is 0 Å². The number of benzene rings is 9. The number of hydrogen-bond donors (Lipinski definition) is 0. The standard InChI is InChI=1S/C53H32F4N2/c54-43-21-7-11-25-47(43)58(48-26-12-8-22-44(48)55)33-29-30-38-41(31-33)53(39-19-5-3-15-34(39)35-16-4-6-20-40(35)53)42-32-51(36-17-1-2-18-37(36)52(38)42)59(49-27-13-9-23-45(49)56)50-28-14-10-24-46(50)57/h1-32H. The highest BCUT2D eigenvalue weighted by atomic mass is 19.1. The molecule has 0 heterocycles. The third-order valence-electron chi connectivity index (χ3n) is 11.9. The summed E-state index contributed by atoms with van der Waals surface area (Å²) in [5.41, 5.74) is 8.98. The molecular formula is C53H32F4N2. The van der Waals surface area contributed by atoms with Gasteiger partial charge >= 0.3 is 0 Å². The zero-order valence-electron chi connectivity index (χ0n) is 31.4. The molecule has 0 amide bonds. The smallest absolute Gasteiger partial charge is 0.147 e. The summed E-state index contributed by atoms with van der Waals surface area (Å²) in [6, 6.07) is 58.4. The summed E-state index contributed by atoms with van der Waals surface area (Å²) in [5, 5.41) is 1.69. The minimum Gasteiger partial charge on any atom is -0.305 e. The van der Waals surface area contributed by atoms with E-state index in [1.165, 1.54) is 24.3 Å². The monoisotopic (exact) mass is 772 g/mol. The van der Waals surface area contributed by atoms with E-state index in [-0.39, 0.29) is 22.7 Å². The molecule has 2 nitrogen and oxygen atoms in total. The van der Waals surface area contributed by atoms with Crippen LogP contribution >= 0.6 is 0 Å². The Morgan fingerprint density at radius 1 is 0.305 bits per heavy atom. The van der Waals surface area contributed by atoms with Gasteiger partial charge in [-0.3, -0.25) is 0 Å². The van der Waals surface area contributed by atoms with E-state index in [1.54, 1.807) is 82.6 Å². The van der Waals surface area contributed by atoms with E-state index in [9.17, 15) is 0 Å². The van der Waals surface area contributed by atoms with Crippen LogP contribution in [-0.4, -0.2) is 0 Å². The van der Waals surface area contributed by atoms with Crippen molar-refractivity contribution in [3.05, 3.63) is 240 Å². The van der Waals surface area contributed by atoms with Crippen LogP contribution in [0.2, 0.25) is 0 Å². The Morgan fingerprint density at radius 3 is 1.24 bits per heavy atom. The first-order valence-corrected chi connectivity index (χ1v) is 19.5. The fourth-order valence-corrected chi connectivity index (χ4v) is 9.62. The van der Waals surface area contributed by atoms with Gasteiger partial charge in [-0.1, -0.05) is 127 Å². The van der Waals surface area contributed by atoms with Crippen LogP contribution < -0.4 is 9.80 Å². The lowest BCUT2D eigenvalue weighted by atomic mass is 9.70. The fraction of sp³-hybridized carbons (Fsp3) is 0.0189. The number of fused-ring (bicyclic) bond motifs is 12. The van der Waals surface area contributed by atoms with Crippen molar-refractivity contribution >= 4 is 44.9 Å². The zero-order valence-corrected chi connectivity index (χ0v) is 31.4. The number of halogens is 4. The van der Waals surface area contributed by atoms with Crippen molar-refractivity contribution in [1.82, 2.24) is 0 Å². The first-order valence-electron chi connectivity index (χ1n) is 19.5. The van der Waals surface area contributed by atoms with Crippen molar-refractivity contribution in [3.63, 3.8) is 0 Å². The quantitative estimate of drug-likeness (QED) is 0.155. The molecule has 2 aliphatic carbocycles. The molecule has 9 aromatic rings. The number of nitrogens with zero attached hydrogens (tertiary/aromatic N) is 2. The van der Waals surface area contributed by atoms with Crippen molar-refractivity contribution in [3.8, 4) is 22.3 Å². The molecule has 0 atom stereocenters. The highest BCUT2D eigenvalue weighted by molar-refractivity contribution is 6.12. The second kappa shape index (κ2) is 13.3. The number of rotatable bonds is 6. The molecule has 0 radical (unpaired) electrons. The van der Waals surface area contributed by atoms with Gasteiger partial charge in [-0.2, -0.15) is 0 Å². The Kier molecular flexibility index (Phi) is 7.85. The summed E-state index contributed by atoms with van der Waals surface area (Å²) in [5.74, 6) is -1.99. The SMILES string of the molecule is Fc1ccccc1N(c1ccc2c(c1)C1(c3ccccc3-c3ccccc31)c1cc(N(c3ccccc3F)c3ccccc3F)c3ccccc3c1-2)c1ccccc1F. The molecule has 0 aromatic heterocycles. The maximum atomic E-state index is 16.2. The molecule has 0 N–H and O–H groups in total. The summed E-state index contributed by atoms with van der Waals surface area (Å²) >= 11 is 0. The average Bonchev–Trinajstić information content (AvgIpc) is 3.73. The topological polar surface area (TPSA) is 6.48 Å². The van der Waals surface area contributed by atoms with E-state index in [0.717, 1.165) is 55.3 Å². The fourth-order valence-electron chi connectivity index (χ4n) is 9.62. The molecule has 6 heteroatoms. The van der Waals surface area contributed by atoms with Crippen LogP contribution in [0.15, 0.2) is 194 Å². The van der Waals surface area contributed by atoms with Gasteiger partial charge in [-0.15, -0.1) is 0 Å². The Hall–Kier alpha value is -7.44. The highest BCUT2D eigenvalue weighted by Crippen LogP contribution is 2.65. The van der Waals surface area contributed by atoms with Crippen LogP contribution in [0, 0.1) is 23.3 Å². The Morgan fingerprint density at radius 2 is 0.729 bits per heavy atom. The third kappa shape index (κ3) is 4.99. The van der Waals surface area contributed by atoms with Crippen LogP contribution in [-0.2, 0) is 5.41 Å². The lowest BCUT2D eigenvalue weighted by molar-refractivity contribution is 0.619. The first-order chi connectivity index (χ1) is 29.0. The van der Waals surface area contributed by atoms with E-state index < -0.39 is 28.7 Å². The van der Waals surface area contributed by atoms with Gasteiger partial charge in [0.25, 0.3) is 0 Å². The molecular weight excluding hydrogens is 741 g/mol. The summed E-state index contributed by atoms with van der Waals surface area (Å²) in [7, 11) is 0.